The fraction of sp³-hybridized carbons (Fsp3) is 0.481. The van der Waals surface area contributed by atoms with Gasteiger partial charge in [0.2, 0.25) is 11.6 Å². The van der Waals surface area contributed by atoms with Crippen molar-refractivity contribution in [3.05, 3.63) is 68.7 Å². The van der Waals surface area contributed by atoms with Gasteiger partial charge in [-0.05, 0) is 36.9 Å². The molecule has 0 bridgehead atoms. The van der Waals surface area contributed by atoms with Crippen LogP contribution >= 0.6 is 11.6 Å². The van der Waals surface area contributed by atoms with E-state index in [2.05, 4.69) is 29.0 Å². The fourth-order valence-electron chi connectivity index (χ4n) is 4.46. The van der Waals surface area contributed by atoms with E-state index in [4.69, 9.17) is 20.8 Å². The van der Waals surface area contributed by atoms with E-state index in [1.54, 1.807) is 18.3 Å². The summed E-state index contributed by atoms with van der Waals surface area (Å²) in [6, 6.07) is 9.17. The number of nitrogens with one attached hydrogen (secondary N) is 1. The van der Waals surface area contributed by atoms with Crippen LogP contribution in [0, 0.1) is 0 Å². The van der Waals surface area contributed by atoms with Gasteiger partial charge in [0.1, 0.15) is 5.76 Å². The number of furan rings is 1. The number of pyridine rings is 1. The minimum Gasteiger partial charge on any atom is -0.443 e. The Hall–Kier alpha value is -2.65. The topological polar surface area (TPSA) is 80.0 Å². The highest BCUT2D eigenvalue weighted by Gasteiger charge is 2.19. The zero-order valence-electron chi connectivity index (χ0n) is 21.1. The lowest BCUT2D eigenvalue weighted by Crippen LogP contribution is -2.35. The van der Waals surface area contributed by atoms with Crippen LogP contribution in [-0.4, -0.2) is 66.2 Å². The molecule has 9 heteroatoms. The zero-order chi connectivity index (χ0) is 25.5. The van der Waals surface area contributed by atoms with Crippen molar-refractivity contribution in [3.63, 3.8) is 0 Å². The maximum atomic E-state index is 13.4. The van der Waals surface area contributed by atoms with Crippen molar-refractivity contribution < 1.29 is 13.9 Å². The normalized spacial score (nSPS) is 14.6. The quantitative estimate of drug-likeness (QED) is 0.423. The Morgan fingerprint density at radius 3 is 2.56 bits per heavy atom. The van der Waals surface area contributed by atoms with Gasteiger partial charge in [0.25, 0.3) is 0 Å². The fourth-order valence-corrected chi connectivity index (χ4v) is 4.59. The molecule has 0 spiro atoms. The Morgan fingerprint density at radius 2 is 1.86 bits per heavy atom. The van der Waals surface area contributed by atoms with Crippen molar-refractivity contribution in [2.75, 3.05) is 45.9 Å². The van der Waals surface area contributed by atoms with Crippen molar-refractivity contribution >= 4 is 28.6 Å². The smallest absolute Gasteiger partial charge is 0.224 e. The van der Waals surface area contributed by atoms with Gasteiger partial charge in [-0.2, -0.15) is 0 Å². The minimum atomic E-state index is -0.200. The number of carbonyl (C=O) groups is 1. The molecule has 1 aromatic carbocycles. The highest BCUT2D eigenvalue weighted by atomic mass is 35.5. The van der Waals surface area contributed by atoms with Crippen LogP contribution in [0.25, 0.3) is 11.1 Å². The molecular weight excluding hydrogens is 480 g/mol. The van der Waals surface area contributed by atoms with E-state index < -0.39 is 0 Å². The van der Waals surface area contributed by atoms with Crippen LogP contribution in [0.5, 0.6) is 0 Å². The molecule has 8 nitrogen and oxygen atoms in total. The Morgan fingerprint density at radius 1 is 1.14 bits per heavy atom. The second-order valence-electron chi connectivity index (χ2n) is 9.10. The van der Waals surface area contributed by atoms with Gasteiger partial charge in [0.05, 0.1) is 31.6 Å². The zero-order valence-corrected chi connectivity index (χ0v) is 21.9. The molecule has 0 saturated carbocycles. The molecule has 1 saturated heterocycles. The SMILES string of the molecule is CCN(CC)CCn1cc(CC(=O)NCc2ccc(Cl)cc2)c(=O)c2cc(CN3CCOCC3)oc21. The van der Waals surface area contributed by atoms with Gasteiger partial charge in [-0.15, -0.1) is 0 Å². The first kappa shape index (κ1) is 26.4. The molecule has 0 unspecified atom stereocenters. The lowest BCUT2D eigenvalue weighted by Gasteiger charge is -2.25. The highest BCUT2D eigenvalue weighted by molar-refractivity contribution is 6.30. The standard InChI is InChI=1S/C27H35ClN4O4/c1-3-30(4-2)9-10-32-18-21(15-25(33)29-17-20-5-7-22(28)8-6-20)26(34)24-16-23(36-27(24)32)19-31-11-13-35-14-12-31/h5-8,16,18H,3-4,9-15,17,19H2,1-2H3,(H,29,33). The summed E-state index contributed by atoms with van der Waals surface area (Å²) in [4.78, 5) is 30.7. The first-order valence-electron chi connectivity index (χ1n) is 12.6. The number of fused-ring (bicyclic) bond motifs is 1. The second-order valence-corrected chi connectivity index (χ2v) is 9.54. The Kier molecular flexibility index (Phi) is 9.20. The van der Waals surface area contributed by atoms with Crippen molar-refractivity contribution in [3.8, 4) is 0 Å². The summed E-state index contributed by atoms with van der Waals surface area (Å²) in [5.41, 5.74) is 1.83. The van der Waals surface area contributed by atoms with Gasteiger partial charge >= 0.3 is 0 Å². The van der Waals surface area contributed by atoms with Crippen molar-refractivity contribution in [1.82, 2.24) is 19.7 Å². The van der Waals surface area contributed by atoms with E-state index in [1.807, 2.05) is 22.8 Å². The molecule has 1 N–H and O–H groups in total. The monoisotopic (exact) mass is 514 g/mol. The van der Waals surface area contributed by atoms with E-state index in [0.717, 1.165) is 44.0 Å². The van der Waals surface area contributed by atoms with Crippen LogP contribution in [-0.2, 0) is 35.6 Å². The number of ether oxygens (including phenoxy) is 1. The van der Waals surface area contributed by atoms with Crippen molar-refractivity contribution in [2.45, 2.75) is 39.9 Å². The van der Waals surface area contributed by atoms with Crippen LogP contribution in [0.4, 0.5) is 0 Å². The van der Waals surface area contributed by atoms with Gasteiger partial charge in [-0.25, -0.2) is 0 Å². The molecule has 1 aliphatic rings. The summed E-state index contributed by atoms with van der Waals surface area (Å²) < 4.78 is 13.6. The molecule has 3 heterocycles. The number of hydrogen-bond donors (Lipinski definition) is 1. The predicted molar refractivity (Wildman–Crippen MR) is 141 cm³/mol. The number of aromatic nitrogens is 1. The summed E-state index contributed by atoms with van der Waals surface area (Å²) >= 11 is 5.94. The summed E-state index contributed by atoms with van der Waals surface area (Å²) in [6.45, 7) is 11.7. The number of benzene rings is 1. The van der Waals surface area contributed by atoms with E-state index >= 15 is 0 Å². The van der Waals surface area contributed by atoms with Crippen molar-refractivity contribution in [2.24, 2.45) is 0 Å². The first-order chi connectivity index (χ1) is 17.5. The molecule has 4 rings (SSSR count). The Balaban J connectivity index is 1.55. The van der Waals surface area contributed by atoms with Crippen LogP contribution < -0.4 is 10.7 Å². The van der Waals surface area contributed by atoms with Gasteiger partial charge in [-0.1, -0.05) is 37.6 Å². The molecule has 1 amide bonds. The summed E-state index contributed by atoms with van der Waals surface area (Å²) in [5, 5.41) is 4.09. The van der Waals surface area contributed by atoms with E-state index in [9.17, 15) is 9.59 Å². The van der Waals surface area contributed by atoms with Crippen LogP contribution in [0.3, 0.4) is 0 Å². The average Bonchev–Trinajstić information content (AvgIpc) is 3.31. The molecule has 0 aliphatic carbocycles. The molecular formula is C27H35ClN4O4. The van der Waals surface area contributed by atoms with Gasteiger partial charge < -0.3 is 23.9 Å². The molecule has 36 heavy (non-hydrogen) atoms. The molecule has 0 radical (unpaired) electrons. The molecule has 0 atom stereocenters. The second kappa shape index (κ2) is 12.5. The third-order valence-electron chi connectivity index (χ3n) is 6.66. The number of amides is 1. The highest BCUT2D eigenvalue weighted by Crippen LogP contribution is 2.20. The largest absolute Gasteiger partial charge is 0.443 e. The van der Waals surface area contributed by atoms with Crippen LogP contribution in [0.1, 0.15) is 30.7 Å². The van der Waals surface area contributed by atoms with Gasteiger partial charge in [0, 0.05) is 49.5 Å². The lowest BCUT2D eigenvalue weighted by atomic mass is 10.1. The summed E-state index contributed by atoms with van der Waals surface area (Å²) in [5.74, 6) is 0.554. The van der Waals surface area contributed by atoms with E-state index in [0.29, 0.717) is 54.5 Å². The molecule has 1 fully saturated rings. The van der Waals surface area contributed by atoms with Crippen molar-refractivity contribution in [1.29, 1.82) is 0 Å². The van der Waals surface area contributed by atoms with Crippen LogP contribution in [0.15, 0.2) is 45.7 Å². The van der Waals surface area contributed by atoms with Gasteiger partial charge in [0.15, 0.2) is 5.43 Å². The Bertz CT molecular complexity index is 1210. The molecule has 3 aromatic rings. The first-order valence-corrected chi connectivity index (χ1v) is 13.0. The number of likely N-dealkylation sites (N-methyl/N-ethyl adjacent to an activating group) is 1. The van der Waals surface area contributed by atoms with Gasteiger partial charge in [-0.3, -0.25) is 14.5 Å². The number of hydrogen-bond acceptors (Lipinski definition) is 6. The lowest BCUT2D eigenvalue weighted by molar-refractivity contribution is -0.120. The third kappa shape index (κ3) is 6.76. The van der Waals surface area contributed by atoms with E-state index in [1.165, 1.54) is 0 Å². The number of nitrogens with zero attached hydrogens (tertiary/aromatic N) is 3. The molecule has 194 valence electrons. The number of rotatable bonds is 11. The molecule has 1 aliphatic heterocycles. The Labute approximate surface area is 216 Å². The number of morpholine rings is 1. The average molecular weight is 515 g/mol. The van der Waals surface area contributed by atoms with E-state index in [-0.39, 0.29) is 17.8 Å². The number of carbonyl (C=O) groups excluding carboxylic acids is 1. The number of halogens is 1. The summed E-state index contributed by atoms with van der Waals surface area (Å²) in [6.07, 6.45) is 1.80. The maximum absolute atomic E-state index is 13.4. The molecule has 2 aromatic heterocycles. The summed E-state index contributed by atoms with van der Waals surface area (Å²) in [7, 11) is 0. The van der Waals surface area contributed by atoms with Crippen LogP contribution in [0.2, 0.25) is 5.02 Å². The predicted octanol–water partition coefficient (Wildman–Crippen LogP) is 3.28. The minimum absolute atomic E-state index is 0.0115. The maximum Gasteiger partial charge on any atom is 0.224 e. The third-order valence-corrected chi connectivity index (χ3v) is 6.91.